The number of hydrogen-bond acceptors (Lipinski definition) is 2. The van der Waals surface area contributed by atoms with Crippen molar-refractivity contribution in [3.63, 3.8) is 0 Å². The van der Waals surface area contributed by atoms with E-state index in [2.05, 4.69) is 42.4 Å². The van der Waals surface area contributed by atoms with Gasteiger partial charge in [-0.15, -0.1) is 0 Å². The van der Waals surface area contributed by atoms with Crippen molar-refractivity contribution in [1.82, 2.24) is 14.7 Å². The first-order valence-electron chi connectivity index (χ1n) is 12.2. The fourth-order valence-electron chi connectivity index (χ4n) is 5.58. The van der Waals surface area contributed by atoms with E-state index in [1.807, 2.05) is 0 Å². The van der Waals surface area contributed by atoms with Crippen molar-refractivity contribution in [3.05, 3.63) is 0 Å². The summed E-state index contributed by atoms with van der Waals surface area (Å²) in [4.78, 5) is 19.8. The van der Waals surface area contributed by atoms with Gasteiger partial charge in [0, 0.05) is 26.2 Å². The van der Waals surface area contributed by atoms with Crippen LogP contribution in [-0.4, -0.2) is 66.5 Å². The lowest BCUT2D eigenvalue weighted by Gasteiger charge is -2.40. The van der Waals surface area contributed by atoms with Crippen LogP contribution in [0.25, 0.3) is 0 Å². The highest BCUT2D eigenvalue weighted by molar-refractivity contribution is 5.74. The second kappa shape index (κ2) is 10.3. The normalized spacial score (nSPS) is 24.5. The van der Waals surface area contributed by atoms with E-state index in [0.717, 1.165) is 55.8 Å². The zero-order valence-electron chi connectivity index (χ0n) is 19.0. The number of urea groups is 1. The third-order valence-electron chi connectivity index (χ3n) is 8.07. The Morgan fingerprint density at radius 2 is 1.14 bits per heavy atom. The van der Waals surface area contributed by atoms with Gasteiger partial charge in [0.1, 0.15) is 0 Å². The molecule has 3 fully saturated rings. The molecule has 3 aliphatic rings. The number of likely N-dealkylation sites (tertiary alicyclic amines) is 3. The molecular weight excluding hydrogens is 346 g/mol. The standard InChI is InChI=1S/C24H45N3O/c1-19(2)22-8-13-25(14-9-22)12-5-21-6-15-26(16-7-21)24(28)27-17-10-23(11-18-27)20(3)4/h19-23H,5-18H2,1-4H3. The molecule has 0 N–H and O–H groups in total. The van der Waals surface area contributed by atoms with Gasteiger partial charge in [0.15, 0.2) is 0 Å². The minimum Gasteiger partial charge on any atom is -0.325 e. The maximum absolute atomic E-state index is 12.9. The molecule has 3 saturated heterocycles. The van der Waals surface area contributed by atoms with Crippen LogP contribution in [0.3, 0.4) is 0 Å². The van der Waals surface area contributed by atoms with Gasteiger partial charge in [0.05, 0.1) is 0 Å². The van der Waals surface area contributed by atoms with Crippen molar-refractivity contribution in [2.45, 2.75) is 72.6 Å². The summed E-state index contributed by atoms with van der Waals surface area (Å²) in [7, 11) is 0. The molecule has 0 aromatic carbocycles. The molecule has 4 heteroatoms. The molecule has 0 radical (unpaired) electrons. The van der Waals surface area contributed by atoms with Crippen molar-refractivity contribution >= 4 is 6.03 Å². The van der Waals surface area contributed by atoms with Crippen molar-refractivity contribution in [2.24, 2.45) is 29.6 Å². The van der Waals surface area contributed by atoms with Crippen LogP contribution in [0.5, 0.6) is 0 Å². The van der Waals surface area contributed by atoms with Crippen LogP contribution >= 0.6 is 0 Å². The van der Waals surface area contributed by atoms with Crippen LogP contribution < -0.4 is 0 Å². The lowest BCUT2D eigenvalue weighted by molar-refractivity contribution is 0.104. The van der Waals surface area contributed by atoms with Crippen molar-refractivity contribution in [2.75, 3.05) is 45.8 Å². The SMILES string of the molecule is CC(C)C1CCN(CCC2CCN(C(=O)N3CCC(C(C)C)CC3)CC2)CC1. The molecule has 0 saturated carbocycles. The van der Waals surface area contributed by atoms with Crippen molar-refractivity contribution in [1.29, 1.82) is 0 Å². The number of carbonyl (C=O) groups excluding carboxylic acids is 1. The molecule has 0 aromatic rings. The highest BCUT2D eigenvalue weighted by atomic mass is 16.2. The van der Waals surface area contributed by atoms with Gasteiger partial charge >= 0.3 is 6.03 Å². The smallest absolute Gasteiger partial charge is 0.319 e. The van der Waals surface area contributed by atoms with Gasteiger partial charge in [0.2, 0.25) is 0 Å². The Hall–Kier alpha value is -0.770. The van der Waals surface area contributed by atoms with E-state index in [1.54, 1.807) is 0 Å². The lowest BCUT2D eigenvalue weighted by atomic mass is 9.86. The van der Waals surface area contributed by atoms with Crippen molar-refractivity contribution in [3.8, 4) is 0 Å². The van der Waals surface area contributed by atoms with Crippen LogP contribution in [0.2, 0.25) is 0 Å². The molecular formula is C24H45N3O. The van der Waals surface area contributed by atoms with Gasteiger partial charge in [-0.25, -0.2) is 4.79 Å². The summed E-state index contributed by atoms with van der Waals surface area (Å²) in [6.07, 6.45) is 8.89. The summed E-state index contributed by atoms with van der Waals surface area (Å²) in [5.74, 6) is 4.17. The lowest BCUT2D eigenvalue weighted by Crippen LogP contribution is -2.49. The topological polar surface area (TPSA) is 26.8 Å². The molecule has 2 amide bonds. The molecule has 0 bridgehead atoms. The van der Waals surface area contributed by atoms with Crippen LogP contribution in [0.1, 0.15) is 72.6 Å². The number of carbonyl (C=O) groups is 1. The number of nitrogens with zero attached hydrogens (tertiary/aromatic N) is 3. The third-order valence-corrected chi connectivity index (χ3v) is 8.07. The Morgan fingerprint density at radius 3 is 1.61 bits per heavy atom. The van der Waals surface area contributed by atoms with Crippen molar-refractivity contribution < 1.29 is 4.79 Å². The Labute approximate surface area is 174 Å². The average molecular weight is 392 g/mol. The molecule has 0 aliphatic carbocycles. The fourth-order valence-corrected chi connectivity index (χ4v) is 5.58. The van der Waals surface area contributed by atoms with Gasteiger partial charge in [-0.3, -0.25) is 0 Å². The summed E-state index contributed by atoms with van der Waals surface area (Å²) in [6.45, 7) is 17.1. The maximum atomic E-state index is 12.9. The van der Waals surface area contributed by atoms with Crippen LogP contribution in [-0.2, 0) is 0 Å². The van der Waals surface area contributed by atoms with E-state index in [4.69, 9.17) is 0 Å². The van der Waals surface area contributed by atoms with Gasteiger partial charge < -0.3 is 14.7 Å². The van der Waals surface area contributed by atoms with Gasteiger partial charge in [0.25, 0.3) is 0 Å². The minimum absolute atomic E-state index is 0.316. The summed E-state index contributed by atoms with van der Waals surface area (Å²) in [5, 5.41) is 0. The summed E-state index contributed by atoms with van der Waals surface area (Å²) < 4.78 is 0. The third kappa shape index (κ3) is 5.87. The van der Waals surface area contributed by atoms with E-state index < -0.39 is 0 Å². The first-order chi connectivity index (χ1) is 13.4. The second-order valence-corrected chi connectivity index (χ2v) is 10.5. The number of hydrogen-bond donors (Lipinski definition) is 0. The quantitative estimate of drug-likeness (QED) is 0.663. The van der Waals surface area contributed by atoms with Crippen LogP contribution in [0.4, 0.5) is 4.79 Å². The number of piperidine rings is 3. The Balaban J connectivity index is 1.32. The molecule has 3 rings (SSSR count). The minimum atomic E-state index is 0.316. The monoisotopic (exact) mass is 391 g/mol. The number of rotatable bonds is 5. The van der Waals surface area contributed by atoms with E-state index in [9.17, 15) is 4.79 Å². The molecule has 3 aliphatic heterocycles. The molecule has 28 heavy (non-hydrogen) atoms. The first kappa shape index (κ1) is 21.9. The van der Waals surface area contributed by atoms with Crippen LogP contribution in [0.15, 0.2) is 0 Å². The molecule has 162 valence electrons. The largest absolute Gasteiger partial charge is 0.325 e. The molecule has 3 heterocycles. The fraction of sp³-hybridized carbons (Fsp3) is 0.958. The predicted molar refractivity (Wildman–Crippen MR) is 117 cm³/mol. The number of amides is 2. The molecule has 0 aromatic heterocycles. The van der Waals surface area contributed by atoms with E-state index in [0.29, 0.717) is 6.03 Å². The summed E-state index contributed by atoms with van der Waals surface area (Å²) >= 11 is 0. The Morgan fingerprint density at radius 1 is 0.714 bits per heavy atom. The van der Waals surface area contributed by atoms with Gasteiger partial charge in [-0.1, -0.05) is 27.7 Å². The zero-order valence-corrected chi connectivity index (χ0v) is 19.0. The molecule has 4 nitrogen and oxygen atoms in total. The van der Waals surface area contributed by atoms with Gasteiger partial charge in [-0.2, -0.15) is 0 Å². The van der Waals surface area contributed by atoms with E-state index >= 15 is 0 Å². The summed E-state index contributed by atoms with van der Waals surface area (Å²) in [5.41, 5.74) is 0. The highest BCUT2D eigenvalue weighted by Gasteiger charge is 2.30. The predicted octanol–water partition coefficient (Wildman–Crippen LogP) is 4.94. The highest BCUT2D eigenvalue weighted by Crippen LogP contribution is 2.28. The van der Waals surface area contributed by atoms with Crippen LogP contribution in [0, 0.1) is 29.6 Å². The molecule has 0 unspecified atom stereocenters. The molecule has 0 spiro atoms. The second-order valence-electron chi connectivity index (χ2n) is 10.5. The maximum Gasteiger partial charge on any atom is 0.319 e. The first-order valence-corrected chi connectivity index (χ1v) is 12.2. The van der Waals surface area contributed by atoms with Gasteiger partial charge in [-0.05, 0) is 94.2 Å². The van der Waals surface area contributed by atoms with E-state index in [-0.39, 0.29) is 0 Å². The Kier molecular flexibility index (Phi) is 8.08. The molecule has 0 atom stereocenters. The average Bonchev–Trinajstić information content (AvgIpc) is 2.72. The summed E-state index contributed by atoms with van der Waals surface area (Å²) in [6, 6.07) is 0.316. The van der Waals surface area contributed by atoms with E-state index in [1.165, 1.54) is 64.6 Å². The Bertz CT molecular complexity index is 468. The zero-order chi connectivity index (χ0) is 20.1.